The van der Waals surface area contributed by atoms with Gasteiger partial charge < -0.3 is 5.32 Å². The van der Waals surface area contributed by atoms with Crippen LogP contribution in [0.25, 0.3) is 0 Å². The van der Waals surface area contributed by atoms with E-state index in [0.29, 0.717) is 10.6 Å². The second-order valence-electron chi connectivity index (χ2n) is 3.29. The Morgan fingerprint density at radius 3 is 2.88 bits per heavy atom. The topological polar surface area (TPSA) is 55.2 Å². The number of thioether (sulfide) groups is 1. The number of hydrogen-bond acceptors (Lipinski definition) is 4. The molecule has 5 heteroatoms. The van der Waals surface area contributed by atoms with Crippen molar-refractivity contribution in [2.24, 2.45) is 0 Å². The average molecular weight is 238 g/mol. The van der Waals surface area contributed by atoms with E-state index in [4.69, 9.17) is 0 Å². The first-order valence-corrected chi connectivity index (χ1v) is 5.81. The predicted molar refractivity (Wildman–Crippen MR) is 66.9 cm³/mol. The third kappa shape index (κ3) is 3.67. The van der Waals surface area contributed by atoms with Crippen molar-refractivity contribution in [1.29, 1.82) is 0 Å². The summed E-state index contributed by atoms with van der Waals surface area (Å²) in [5, 5.41) is 13.7. The molecule has 0 aliphatic rings. The van der Waals surface area contributed by atoms with Crippen molar-refractivity contribution in [1.82, 2.24) is 5.32 Å². The van der Waals surface area contributed by atoms with Crippen molar-refractivity contribution in [3.8, 4) is 0 Å². The molecule has 0 aromatic heterocycles. The van der Waals surface area contributed by atoms with E-state index in [9.17, 15) is 10.1 Å². The molecule has 16 heavy (non-hydrogen) atoms. The highest BCUT2D eigenvalue weighted by molar-refractivity contribution is 7.99. The first-order chi connectivity index (χ1) is 7.65. The van der Waals surface area contributed by atoms with Gasteiger partial charge in [0.15, 0.2) is 0 Å². The molecule has 1 aromatic rings. The highest BCUT2D eigenvalue weighted by atomic mass is 32.2. The number of nitro groups is 1. The number of nitrogens with one attached hydrogen (secondary N) is 1. The molecule has 4 nitrogen and oxygen atoms in total. The normalized spacial score (nSPS) is 10.1. The van der Waals surface area contributed by atoms with E-state index in [0.717, 1.165) is 12.1 Å². The first kappa shape index (κ1) is 12.7. The van der Waals surface area contributed by atoms with E-state index in [2.05, 4.69) is 11.9 Å². The SMILES string of the molecule is C=C(CNC)CSc1ccccc1[N+](=O)[O-]. The average Bonchev–Trinajstić information content (AvgIpc) is 2.27. The molecule has 86 valence electrons. The number of hydrogen-bond donors (Lipinski definition) is 1. The van der Waals surface area contributed by atoms with E-state index in [1.165, 1.54) is 17.8 Å². The van der Waals surface area contributed by atoms with Gasteiger partial charge in [-0.15, -0.1) is 11.8 Å². The van der Waals surface area contributed by atoms with Gasteiger partial charge in [0.2, 0.25) is 0 Å². The van der Waals surface area contributed by atoms with Crippen LogP contribution in [0.3, 0.4) is 0 Å². The molecule has 0 unspecified atom stereocenters. The Morgan fingerprint density at radius 1 is 1.56 bits per heavy atom. The van der Waals surface area contributed by atoms with Crippen LogP contribution in [0.4, 0.5) is 5.69 Å². The van der Waals surface area contributed by atoms with E-state index in [-0.39, 0.29) is 10.6 Å². The summed E-state index contributed by atoms with van der Waals surface area (Å²) in [4.78, 5) is 11.1. The van der Waals surface area contributed by atoms with E-state index in [1.54, 1.807) is 18.2 Å². The zero-order chi connectivity index (χ0) is 12.0. The summed E-state index contributed by atoms with van der Waals surface area (Å²) in [7, 11) is 1.85. The number of para-hydroxylation sites is 1. The van der Waals surface area contributed by atoms with Crippen LogP contribution in [0.5, 0.6) is 0 Å². The second kappa shape index (κ2) is 6.30. The summed E-state index contributed by atoms with van der Waals surface area (Å²) in [5.41, 5.74) is 1.18. The number of benzene rings is 1. The second-order valence-corrected chi connectivity index (χ2v) is 4.31. The lowest BCUT2D eigenvalue weighted by molar-refractivity contribution is -0.387. The zero-order valence-corrected chi connectivity index (χ0v) is 9.92. The van der Waals surface area contributed by atoms with Crippen LogP contribution in [-0.2, 0) is 0 Å². The van der Waals surface area contributed by atoms with Crippen LogP contribution < -0.4 is 5.32 Å². The maximum Gasteiger partial charge on any atom is 0.282 e. The fraction of sp³-hybridized carbons (Fsp3) is 0.273. The third-order valence-electron chi connectivity index (χ3n) is 1.92. The fourth-order valence-corrected chi connectivity index (χ4v) is 2.14. The Labute approximate surface area is 98.9 Å². The largest absolute Gasteiger partial charge is 0.316 e. The quantitative estimate of drug-likeness (QED) is 0.358. The number of rotatable bonds is 6. The Morgan fingerprint density at radius 2 is 2.25 bits per heavy atom. The van der Waals surface area contributed by atoms with E-state index >= 15 is 0 Å². The smallest absolute Gasteiger partial charge is 0.282 e. The minimum Gasteiger partial charge on any atom is -0.316 e. The summed E-state index contributed by atoms with van der Waals surface area (Å²) < 4.78 is 0. The Balaban J connectivity index is 2.66. The third-order valence-corrected chi connectivity index (χ3v) is 3.13. The Bertz CT molecular complexity index is 393. The van der Waals surface area contributed by atoms with Gasteiger partial charge in [-0.25, -0.2) is 0 Å². The minimum absolute atomic E-state index is 0.157. The van der Waals surface area contributed by atoms with Gasteiger partial charge in [0, 0.05) is 18.4 Å². The molecule has 0 radical (unpaired) electrons. The van der Waals surface area contributed by atoms with Gasteiger partial charge in [-0.2, -0.15) is 0 Å². The van der Waals surface area contributed by atoms with Crippen LogP contribution in [0.2, 0.25) is 0 Å². The van der Waals surface area contributed by atoms with Crippen molar-refractivity contribution in [3.05, 3.63) is 46.5 Å². The van der Waals surface area contributed by atoms with Gasteiger partial charge in [-0.3, -0.25) is 10.1 Å². The van der Waals surface area contributed by atoms with Crippen LogP contribution in [-0.4, -0.2) is 24.3 Å². The molecule has 0 saturated heterocycles. The molecule has 0 saturated carbocycles. The number of likely N-dealkylation sites (N-methyl/N-ethyl adjacent to an activating group) is 1. The van der Waals surface area contributed by atoms with Gasteiger partial charge in [-0.1, -0.05) is 24.3 Å². The van der Waals surface area contributed by atoms with Crippen LogP contribution in [0.1, 0.15) is 0 Å². The van der Waals surface area contributed by atoms with Gasteiger partial charge >= 0.3 is 0 Å². The van der Waals surface area contributed by atoms with Gasteiger partial charge in [0.25, 0.3) is 5.69 Å². The number of nitro benzene ring substituents is 1. The molecule has 1 N–H and O–H groups in total. The molecular weight excluding hydrogens is 224 g/mol. The molecule has 1 aromatic carbocycles. The van der Waals surface area contributed by atoms with Gasteiger partial charge in [0.05, 0.1) is 9.82 Å². The Kier molecular flexibility index (Phi) is 5.01. The lowest BCUT2D eigenvalue weighted by atomic mass is 10.3. The summed E-state index contributed by atoms with van der Waals surface area (Å²) in [5.74, 6) is 0.686. The molecule has 0 aliphatic heterocycles. The van der Waals surface area contributed by atoms with Crippen molar-refractivity contribution < 1.29 is 4.92 Å². The van der Waals surface area contributed by atoms with Crippen LogP contribution >= 0.6 is 11.8 Å². The molecule has 1 rings (SSSR count). The van der Waals surface area contributed by atoms with Crippen molar-refractivity contribution in [2.75, 3.05) is 19.3 Å². The highest BCUT2D eigenvalue weighted by Crippen LogP contribution is 2.29. The van der Waals surface area contributed by atoms with Gasteiger partial charge in [-0.05, 0) is 13.1 Å². The molecule has 0 amide bonds. The maximum atomic E-state index is 10.7. The molecule has 0 spiro atoms. The van der Waals surface area contributed by atoms with Crippen molar-refractivity contribution in [2.45, 2.75) is 4.90 Å². The van der Waals surface area contributed by atoms with E-state index in [1.807, 2.05) is 7.05 Å². The maximum absolute atomic E-state index is 10.7. The summed E-state index contributed by atoms with van der Waals surface area (Å²) >= 11 is 1.44. The van der Waals surface area contributed by atoms with E-state index < -0.39 is 0 Å². The molecule has 0 heterocycles. The lowest BCUT2D eigenvalue weighted by Gasteiger charge is -2.05. The summed E-state index contributed by atoms with van der Waals surface area (Å²) in [6, 6.07) is 6.75. The van der Waals surface area contributed by atoms with Crippen LogP contribution in [0.15, 0.2) is 41.3 Å². The molecule has 0 bridgehead atoms. The highest BCUT2D eigenvalue weighted by Gasteiger charge is 2.12. The monoisotopic (exact) mass is 238 g/mol. The van der Waals surface area contributed by atoms with Crippen LogP contribution in [0, 0.1) is 10.1 Å². The number of nitrogens with zero attached hydrogens (tertiary/aromatic N) is 1. The first-order valence-electron chi connectivity index (χ1n) is 4.82. The standard InChI is InChI=1S/C11H14N2O2S/c1-9(7-12-2)8-16-11-6-4-3-5-10(11)13(14)15/h3-6,12H,1,7-8H2,2H3. The zero-order valence-electron chi connectivity index (χ0n) is 9.10. The van der Waals surface area contributed by atoms with Gasteiger partial charge in [0.1, 0.15) is 0 Å². The molecule has 0 aliphatic carbocycles. The Hall–Kier alpha value is -1.33. The molecular formula is C11H14N2O2S. The van der Waals surface area contributed by atoms with Crippen molar-refractivity contribution >= 4 is 17.4 Å². The van der Waals surface area contributed by atoms with Crippen molar-refractivity contribution in [3.63, 3.8) is 0 Å². The predicted octanol–water partition coefficient (Wildman–Crippen LogP) is 2.46. The lowest BCUT2D eigenvalue weighted by Crippen LogP contribution is -2.10. The fourth-order valence-electron chi connectivity index (χ4n) is 1.21. The molecule has 0 atom stereocenters. The minimum atomic E-state index is -0.358. The molecule has 0 fully saturated rings. The summed E-state index contributed by atoms with van der Waals surface area (Å²) in [6.45, 7) is 4.61. The summed E-state index contributed by atoms with van der Waals surface area (Å²) in [6.07, 6.45) is 0.